The lowest BCUT2D eigenvalue weighted by atomic mass is 10.1. The SMILES string of the molecule is CCc1ccc(NC(=O)C(=O)N/N=C\c2cc([N+](=O)[O-])ccc2O)cc1. The number of amides is 2. The molecule has 0 saturated carbocycles. The van der Waals surface area contributed by atoms with Crippen molar-refractivity contribution in [2.75, 3.05) is 5.32 Å². The van der Waals surface area contributed by atoms with Crippen LogP contribution in [0.3, 0.4) is 0 Å². The summed E-state index contributed by atoms with van der Waals surface area (Å²) in [7, 11) is 0. The molecule has 0 aliphatic heterocycles. The summed E-state index contributed by atoms with van der Waals surface area (Å²) in [5, 5.41) is 26.3. The number of carbonyl (C=O) groups excluding carboxylic acids is 2. The molecule has 0 fully saturated rings. The summed E-state index contributed by atoms with van der Waals surface area (Å²) in [5.41, 5.74) is 3.32. The van der Waals surface area contributed by atoms with E-state index < -0.39 is 16.7 Å². The second-order valence-electron chi connectivity index (χ2n) is 5.20. The Bertz CT molecular complexity index is 862. The molecule has 26 heavy (non-hydrogen) atoms. The minimum absolute atomic E-state index is 0.0232. The molecule has 0 unspecified atom stereocenters. The molecule has 2 amide bonds. The summed E-state index contributed by atoms with van der Waals surface area (Å²) in [6.07, 6.45) is 1.86. The van der Waals surface area contributed by atoms with E-state index in [0.29, 0.717) is 5.69 Å². The van der Waals surface area contributed by atoms with Gasteiger partial charge in [0.2, 0.25) is 0 Å². The number of carbonyl (C=O) groups is 2. The summed E-state index contributed by atoms with van der Waals surface area (Å²) in [6.45, 7) is 2.00. The van der Waals surface area contributed by atoms with E-state index in [-0.39, 0.29) is 17.0 Å². The van der Waals surface area contributed by atoms with Crippen molar-refractivity contribution in [2.24, 2.45) is 5.10 Å². The quantitative estimate of drug-likeness (QED) is 0.326. The predicted octanol–water partition coefficient (Wildman–Crippen LogP) is 1.95. The van der Waals surface area contributed by atoms with Gasteiger partial charge in [0.05, 0.1) is 11.1 Å². The zero-order valence-electron chi connectivity index (χ0n) is 13.8. The minimum Gasteiger partial charge on any atom is -0.507 e. The van der Waals surface area contributed by atoms with Crippen LogP contribution in [0.15, 0.2) is 47.6 Å². The number of aromatic hydroxyl groups is 1. The first-order valence-electron chi connectivity index (χ1n) is 7.61. The van der Waals surface area contributed by atoms with Gasteiger partial charge in [-0.15, -0.1) is 0 Å². The zero-order valence-corrected chi connectivity index (χ0v) is 13.8. The first kappa shape index (κ1) is 18.6. The number of aryl methyl sites for hydroxylation is 1. The average molecular weight is 356 g/mol. The van der Waals surface area contributed by atoms with E-state index in [1.807, 2.05) is 24.5 Å². The van der Waals surface area contributed by atoms with Gasteiger partial charge in [-0.2, -0.15) is 5.10 Å². The molecule has 0 bridgehead atoms. The molecule has 9 heteroatoms. The van der Waals surface area contributed by atoms with E-state index in [9.17, 15) is 24.8 Å². The average Bonchev–Trinajstić information content (AvgIpc) is 2.63. The number of nitro groups is 1. The van der Waals surface area contributed by atoms with E-state index in [0.717, 1.165) is 36.4 Å². The maximum absolute atomic E-state index is 11.8. The molecule has 0 aliphatic rings. The van der Waals surface area contributed by atoms with Gasteiger partial charge in [-0.25, -0.2) is 5.43 Å². The molecule has 9 nitrogen and oxygen atoms in total. The number of hydrogen-bond acceptors (Lipinski definition) is 6. The number of phenols is 1. The van der Waals surface area contributed by atoms with Gasteiger partial charge in [-0.05, 0) is 30.2 Å². The summed E-state index contributed by atoms with van der Waals surface area (Å²) in [6, 6.07) is 10.4. The molecule has 2 rings (SSSR count). The normalized spacial score (nSPS) is 10.5. The Hall–Kier alpha value is -3.75. The Kier molecular flexibility index (Phi) is 5.99. The molecule has 0 aliphatic carbocycles. The number of benzene rings is 2. The fourth-order valence-corrected chi connectivity index (χ4v) is 1.98. The molecule has 0 radical (unpaired) electrons. The third kappa shape index (κ3) is 4.87. The number of non-ortho nitro benzene ring substituents is 1. The number of rotatable bonds is 5. The molecule has 2 aromatic carbocycles. The highest BCUT2D eigenvalue weighted by Gasteiger charge is 2.13. The van der Waals surface area contributed by atoms with Gasteiger partial charge < -0.3 is 10.4 Å². The second kappa shape index (κ2) is 8.38. The number of hydrogen-bond donors (Lipinski definition) is 3. The minimum atomic E-state index is -1.02. The van der Waals surface area contributed by atoms with Crippen molar-refractivity contribution < 1.29 is 19.6 Å². The third-order valence-electron chi connectivity index (χ3n) is 3.42. The lowest BCUT2D eigenvalue weighted by molar-refractivity contribution is -0.384. The van der Waals surface area contributed by atoms with Crippen LogP contribution >= 0.6 is 0 Å². The maximum Gasteiger partial charge on any atom is 0.329 e. The highest BCUT2D eigenvalue weighted by Crippen LogP contribution is 2.21. The lowest BCUT2D eigenvalue weighted by Crippen LogP contribution is -2.32. The van der Waals surface area contributed by atoms with Crippen LogP contribution in [0.2, 0.25) is 0 Å². The molecule has 0 atom stereocenters. The summed E-state index contributed by atoms with van der Waals surface area (Å²) < 4.78 is 0. The van der Waals surface area contributed by atoms with Crippen molar-refractivity contribution in [3.63, 3.8) is 0 Å². The lowest BCUT2D eigenvalue weighted by Gasteiger charge is -2.05. The van der Waals surface area contributed by atoms with Gasteiger partial charge in [0, 0.05) is 23.4 Å². The van der Waals surface area contributed by atoms with Crippen molar-refractivity contribution in [3.8, 4) is 5.75 Å². The molecule has 0 heterocycles. The van der Waals surface area contributed by atoms with Crippen molar-refractivity contribution in [1.29, 1.82) is 0 Å². The molecule has 2 aromatic rings. The van der Waals surface area contributed by atoms with E-state index in [1.54, 1.807) is 12.1 Å². The van der Waals surface area contributed by atoms with Crippen LogP contribution in [-0.4, -0.2) is 28.1 Å². The number of nitro benzene ring substituents is 1. The van der Waals surface area contributed by atoms with E-state index >= 15 is 0 Å². The molecule has 0 aromatic heterocycles. The standard InChI is InChI=1S/C17H16N4O5/c1-2-11-3-5-13(6-4-11)19-16(23)17(24)20-18-10-12-9-14(21(25)26)7-8-15(12)22/h3-10,22H,2H2,1H3,(H,19,23)(H,20,24)/b18-10-. The number of nitrogens with zero attached hydrogens (tertiary/aromatic N) is 2. The molecular formula is C17H16N4O5. The monoisotopic (exact) mass is 356 g/mol. The van der Waals surface area contributed by atoms with Crippen LogP contribution in [0.5, 0.6) is 5.75 Å². The second-order valence-corrected chi connectivity index (χ2v) is 5.20. The van der Waals surface area contributed by atoms with Crippen molar-refractivity contribution in [2.45, 2.75) is 13.3 Å². The largest absolute Gasteiger partial charge is 0.507 e. The van der Waals surface area contributed by atoms with E-state index in [1.165, 1.54) is 0 Å². The van der Waals surface area contributed by atoms with Crippen molar-refractivity contribution in [1.82, 2.24) is 5.43 Å². The smallest absolute Gasteiger partial charge is 0.329 e. The van der Waals surface area contributed by atoms with Gasteiger partial charge in [0.1, 0.15) is 5.75 Å². The van der Waals surface area contributed by atoms with E-state index in [2.05, 4.69) is 10.4 Å². The maximum atomic E-state index is 11.8. The number of hydrazone groups is 1. The molecular weight excluding hydrogens is 340 g/mol. The Balaban J connectivity index is 1.96. The summed E-state index contributed by atoms with van der Waals surface area (Å²) in [5.74, 6) is -2.20. The van der Waals surface area contributed by atoms with Gasteiger partial charge in [0.25, 0.3) is 5.69 Å². The fraction of sp³-hybridized carbons (Fsp3) is 0.118. The molecule has 0 saturated heterocycles. The summed E-state index contributed by atoms with van der Waals surface area (Å²) in [4.78, 5) is 33.6. The highest BCUT2D eigenvalue weighted by molar-refractivity contribution is 6.39. The number of phenolic OH excluding ortho intramolecular Hbond substituents is 1. The van der Waals surface area contributed by atoms with Crippen LogP contribution in [0.25, 0.3) is 0 Å². The third-order valence-corrected chi connectivity index (χ3v) is 3.42. The molecule has 0 spiro atoms. The number of anilines is 1. The molecule has 3 N–H and O–H groups in total. The van der Waals surface area contributed by atoms with Gasteiger partial charge in [0.15, 0.2) is 0 Å². The van der Waals surface area contributed by atoms with Gasteiger partial charge in [-0.1, -0.05) is 19.1 Å². The van der Waals surface area contributed by atoms with Crippen LogP contribution in [0, 0.1) is 10.1 Å². The summed E-state index contributed by atoms with van der Waals surface area (Å²) >= 11 is 0. The number of nitrogens with one attached hydrogen (secondary N) is 2. The Morgan fingerprint density at radius 1 is 1.19 bits per heavy atom. The fourth-order valence-electron chi connectivity index (χ4n) is 1.98. The van der Waals surface area contributed by atoms with E-state index in [4.69, 9.17) is 0 Å². The Labute approximate surface area is 148 Å². The topological polar surface area (TPSA) is 134 Å². The predicted molar refractivity (Wildman–Crippen MR) is 94.9 cm³/mol. The van der Waals surface area contributed by atoms with Crippen LogP contribution in [-0.2, 0) is 16.0 Å². The van der Waals surface area contributed by atoms with Gasteiger partial charge >= 0.3 is 11.8 Å². The Morgan fingerprint density at radius 2 is 1.88 bits per heavy atom. The first-order chi connectivity index (χ1) is 12.4. The highest BCUT2D eigenvalue weighted by atomic mass is 16.6. The zero-order chi connectivity index (χ0) is 19.1. The molecule has 134 valence electrons. The first-order valence-corrected chi connectivity index (χ1v) is 7.61. The Morgan fingerprint density at radius 3 is 2.50 bits per heavy atom. The van der Waals surface area contributed by atoms with Crippen molar-refractivity contribution >= 4 is 29.4 Å². The van der Waals surface area contributed by atoms with Gasteiger partial charge in [-0.3, -0.25) is 19.7 Å². The van der Waals surface area contributed by atoms with Crippen molar-refractivity contribution in [3.05, 3.63) is 63.7 Å². The van der Waals surface area contributed by atoms with Crippen LogP contribution in [0.4, 0.5) is 11.4 Å². The van der Waals surface area contributed by atoms with Crippen LogP contribution < -0.4 is 10.7 Å². The van der Waals surface area contributed by atoms with Crippen LogP contribution in [0.1, 0.15) is 18.1 Å².